The first kappa shape index (κ1) is 13.3. The highest BCUT2D eigenvalue weighted by atomic mass is 79.9. The number of hydrogen-bond acceptors (Lipinski definition) is 3. The zero-order chi connectivity index (χ0) is 13.1. The van der Waals surface area contributed by atoms with Crippen molar-refractivity contribution in [1.29, 1.82) is 0 Å². The van der Waals surface area contributed by atoms with E-state index in [0.717, 1.165) is 5.56 Å². The minimum Gasteiger partial charge on any atom is -0.438 e. The molecule has 0 bridgehead atoms. The van der Waals surface area contributed by atoms with Gasteiger partial charge in [0.15, 0.2) is 0 Å². The summed E-state index contributed by atoms with van der Waals surface area (Å²) in [6.45, 7) is 0.384. The number of rotatable bonds is 3. The molecular formula is C12H9BrClFN2O. The Balaban J connectivity index is 2.30. The molecule has 0 aliphatic heterocycles. The largest absolute Gasteiger partial charge is 0.438 e. The van der Waals surface area contributed by atoms with Gasteiger partial charge in [0.05, 0.1) is 9.50 Å². The molecular weight excluding hydrogens is 322 g/mol. The summed E-state index contributed by atoms with van der Waals surface area (Å²) < 4.78 is 19.4. The summed E-state index contributed by atoms with van der Waals surface area (Å²) in [5, 5.41) is 0.0258. The SMILES string of the molecule is NCc1ccnc(Oc2cc(F)c(Cl)cc2Br)c1. The van der Waals surface area contributed by atoms with E-state index in [4.69, 9.17) is 22.1 Å². The van der Waals surface area contributed by atoms with Crippen LogP contribution in [0.2, 0.25) is 5.02 Å². The maximum atomic E-state index is 13.3. The molecule has 0 aliphatic rings. The summed E-state index contributed by atoms with van der Waals surface area (Å²) in [5.74, 6) is 0.101. The molecule has 1 aromatic heterocycles. The molecule has 1 aromatic carbocycles. The van der Waals surface area contributed by atoms with E-state index in [1.54, 1.807) is 18.3 Å². The highest BCUT2D eigenvalue weighted by Gasteiger charge is 2.09. The van der Waals surface area contributed by atoms with Crippen molar-refractivity contribution in [1.82, 2.24) is 4.98 Å². The maximum absolute atomic E-state index is 13.3. The van der Waals surface area contributed by atoms with Gasteiger partial charge in [-0.15, -0.1) is 0 Å². The first-order valence-corrected chi connectivity index (χ1v) is 6.24. The summed E-state index contributed by atoms with van der Waals surface area (Å²) >= 11 is 8.89. The van der Waals surface area contributed by atoms with Crippen LogP contribution in [0, 0.1) is 5.82 Å². The summed E-state index contributed by atoms with van der Waals surface area (Å²) in [6, 6.07) is 6.10. The molecule has 2 aromatic rings. The molecule has 0 saturated carbocycles. The first-order valence-electron chi connectivity index (χ1n) is 5.07. The van der Waals surface area contributed by atoms with Crippen molar-refractivity contribution in [2.75, 3.05) is 0 Å². The van der Waals surface area contributed by atoms with Gasteiger partial charge in [-0.1, -0.05) is 11.6 Å². The monoisotopic (exact) mass is 330 g/mol. The normalized spacial score (nSPS) is 10.4. The lowest BCUT2D eigenvalue weighted by Gasteiger charge is -2.08. The summed E-state index contributed by atoms with van der Waals surface area (Å²) in [5.41, 5.74) is 6.40. The molecule has 2 rings (SSSR count). The molecule has 0 radical (unpaired) electrons. The number of hydrogen-bond donors (Lipinski definition) is 1. The first-order chi connectivity index (χ1) is 8.60. The van der Waals surface area contributed by atoms with Crippen LogP contribution in [0.5, 0.6) is 11.6 Å². The van der Waals surface area contributed by atoms with Crippen molar-refractivity contribution >= 4 is 27.5 Å². The molecule has 2 N–H and O–H groups in total. The van der Waals surface area contributed by atoms with Crippen LogP contribution in [-0.2, 0) is 6.54 Å². The molecule has 1 heterocycles. The van der Waals surface area contributed by atoms with Gasteiger partial charge >= 0.3 is 0 Å². The van der Waals surface area contributed by atoms with E-state index in [9.17, 15) is 4.39 Å². The lowest BCUT2D eigenvalue weighted by Crippen LogP contribution is -1.97. The average Bonchev–Trinajstić information content (AvgIpc) is 2.36. The second-order valence-electron chi connectivity index (χ2n) is 3.51. The van der Waals surface area contributed by atoms with Crippen LogP contribution in [0.4, 0.5) is 4.39 Å². The van der Waals surface area contributed by atoms with Crippen LogP contribution in [0.3, 0.4) is 0 Å². The predicted octanol–water partition coefficient (Wildman–Crippen LogP) is 3.89. The van der Waals surface area contributed by atoms with E-state index >= 15 is 0 Å². The Bertz CT molecular complexity index is 580. The lowest BCUT2D eigenvalue weighted by atomic mass is 10.3. The van der Waals surface area contributed by atoms with Crippen molar-refractivity contribution in [3.63, 3.8) is 0 Å². The highest BCUT2D eigenvalue weighted by molar-refractivity contribution is 9.10. The Morgan fingerprint density at radius 3 is 2.89 bits per heavy atom. The third-order valence-corrected chi connectivity index (χ3v) is 3.13. The molecule has 0 saturated heterocycles. The van der Waals surface area contributed by atoms with Crippen LogP contribution >= 0.6 is 27.5 Å². The Morgan fingerprint density at radius 1 is 1.39 bits per heavy atom. The minimum atomic E-state index is -0.551. The molecule has 0 amide bonds. The fraction of sp³-hybridized carbons (Fsp3) is 0.0833. The smallest absolute Gasteiger partial charge is 0.219 e. The van der Waals surface area contributed by atoms with Gasteiger partial charge < -0.3 is 10.5 Å². The highest BCUT2D eigenvalue weighted by Crippen LogP contribution is 2.33. The van der Waals surface area contributed by atoms with E-state index in [1.807, 2.05) is 0 Å². The molecule has 6 heteroatoms. The van der Waals surface area contributed by atoms with E-state index in [1.165, 1.54) is 12.1 Å². The van der Waals surface area contributed by atoms with E-state index < -0.39 is 5.82 Å². The van der Waals surface area contributed by atoms with Crippen molar-refractivity contribution < 1.29 is 9.13 Å². The number of aromatic nitrogens is 1. The number of ether oxygens (including phenoxy) is 1. The molecule has 0 spiro atoms. The van der Waals surface area contributed by atoms with Crippen LogP contribution in [-0.4, -0.2) is 4.98 Å². The Labute approximate surface area is 117 Å². The minimum absolute atomic E-state index is 0.0258. The zero-order valence-corrected chi connectivity index (χ0v) is 11.5. The van der Waals surface area contributed by atoms with Crippen molar-refractivity contribution in [2.24, 2.45) is 5.73 Å². The van der Waals surface area contributed by atoms with Gasteiger partial charge in [0, 0.05) is 24.9 Å². The summed E-state index contributed by atoms with van der Waals surface area (Å²) in [6.07, 6.45) is 1.58. The van der Waals surface area contributed by atoms with Gasteiger partial charge in [-0.05, 0) is 33.6 Å². The van der Waals surface area contributed by atoms with Crippen molar-refractivity contribution in [3.8, 4) is 11.6 Å². The molecule has 18 heavy (non-hydrogen) atoms. The third kappa shape index (κ3) is 2.98. The second-order valence-corrected chi connectivity index (χ2v) is 4.77. The molecule has 0 aliphatic carbocycles. The number of benzene rings is 1. The van der Waals surface area contributed by atoms with Crippen LogP contribution in [0.1, 0.15) is 5.56 Å². The van der Waals surface area contributed by atoms with Gasteiger partial charge in [-0.2, -0.15) is 0 Å². The summed E-state index contributed by atoms with van der Waals surface area (Å²) in [7, 11) is 0. The number of nitrogens with two attached hydrogens (primary N) is 1. The molecule has 94 valence electrons. The quantitative estimate of drug-likeness (QED) is 0.868. The van der Waals surface area contributed by atoms with E-state index in [0.29, 0.717) is 22.6 Å². The van der Waals surface area contributed by atoms with Gasteiger partial charge in [0.1, 0.15) is 11.6 Å². The van der Waals surface area contributed by atoms with Crippen LogP contribution in [0.15, 0.2) is 34.9 Å². The zero-order valence-electron chi connectivity index (χ0n) is 9.16. The van der Waals surface area contributed by atoms with Crippen molar-refractivity contribution in [2.45, 2.75) is 6.54 Å². The predicted molar refractivity (Wildman–Crippen MR) is 71.3 cm³/mol. The Morgan fingerprint density at radius 2 is 2.17 bits per heavy atom. The summed E-state index contributed by atoms with van der Waals surface area (Å²) in [4.78, 5) is 4.02. The molecule has 0 atom stereocenters. The van der Waals surface area contributed by atoms with Gasteiger partial charge in [-0.3, -0.25) is 0 Å². The number of nitrogens with zero attached hydrogens (tertiary/aromatic N) is 1. The van der Waals surface area contributed by atoms with E-state index in [2.05, 4.69) is 20.9 Å². The topological polar surface area (TPSA) is 48.1 Å². The van der Waals surface area contributed by atoms with Gasteiger partial charge in [0.2, 0.25) is 5.88 Å². The fourth-order valence-electron chi connectivity index (χ4n) is 1.33. The second kappa shape index (κ2) is 5.65. The van der Waals surface area contributed by atoms with Gasteiger partial charge in [-0.25, -0.2) is 9.37 Å². The number of halogens is 3. The molecule has 3 nitrogen and oxygen atoms in total. The van der Waals surface area contributed by atoms with Crippen molar-refractivity contribution in [3.05, 3.63) is 51.3 Å². The average molecular weight is 332 g/mol. The lowest BCUT2D eigenvalue weighted by molar-refractivity contribution is 0.454. The Kier molecular flexibility index (Phi) is 4.16. The van der Waals surface area contributed by atoms with E-state index in [-0.39, 0.29) is 5.02 Å². The van der Waals surface area contributed by atoms with Gasteiger partial charge in [0.25, 0.3) is 0 Å². The Hall–Kier alpha value is -1.17. The number of pyridine rings is 1. The van der Waals surface area contributed by atoms with Crippen LogP contribution in [0.25, 0.3) is 0 Å². The standard InChI is InChI=1S/C12H9BrClFN2O/c13-8-4-9(14)10(15)5-11(8)18-12-3-7(6-16)1-2-17-12/h1-5H,6,16H2. The van der Waals surface area contributed by atoms with Crippen LogP contribution < -0.4 is 10.5 Å². The molecule has 0 fully saturated rings. The maximum Gasteiger partial charge on any atom is 0.219 e. The fourth-order valence-corrected chi connectivity index (χ4v) is 2.05. The molecule has 0 unspecified atom stereocenters. The third-order valence-electron chi connectivity index (χ3n) is 2.22.